The van der Waals surface area contributed by atoms with Crippen molar-refractivity contribution in [3.8, 4) is 0 Å². The summed E-state index contributed by atoms with van der Waals surface area (Å²) in [5.41, 5.74) is 6.52. The Morgan fingerprint density at radius 2 is 2.00 bits per heavy atom. The Morgan fingerprint density at radius 1 is 1.21 bits per heavy atom. The van der Waals surface area contributed by atoms with Crippen LogP contribution < -0.4 is 20.4 Å². The van der Waals surface area contributed by atoms with Crippen LogP contribution in [0.2, 0.25) is 0 Å². The second kappa shape index (κ2) is 5.70. The predicted molar refractivity (Wildman–Crippen MR) is 58.6 cm³/mol. The quantitative estimate of drug-likeness (QED) is 0.335. The molecule has 0 radical (unpaired) electrons. The Balaban J connectivity index is 1.87. The van der Waals surface area contributed by atoms with Gasteiger partial charge in [0.15, 0.2) is 18.3 Å². The molecular formula is C8H10N5O5P-2. The molecule has 0 saturated heterocycles. The van der Waals surface area contributed by atoms with Crippen LogP contribution in [0.4, 0.5) is 5.82 Å². The number of hydrogen-bond donors (Lipinski definition) is 1. The van der Waals surface area contributed by atoms with E-state index < -0.39 is 14.3 Å². The van der Waals surface area contributed by atoms with E-state index in [2.05, 4.69) is 19.7 Å². The largest absolute Gasteiger partial charge is 0.686 e. The summed E-state index contributed by atoms with van der Waals surface area (Å²) in [7, 11) is -4.67. The molecule has 19 heavy (non-hydrogen) atoms. The van der Waals surface area contributed by atoms with Crippen LogP contribution in [0.5, 0.6) is 0 Å². The fourth-order valence-corrected chi connectivity index (χ4v) is 1.63. The number of nitrogens with zero attached hydrogens (tertiary/aromatic N) is 4. The monoisotopic (exact) mass is 287 g/mol. The minimum atomic E-state index is -4.67. The summed E-state index contributed by atoms with van der Waals surface area (Å²) in [5.74, 6) is 0.249. The molecule has 10 nitrogen and oxygen atoms in total. The highest BCUT2D eigenvalue weighted by atomic mass is 31.2. The molecule has 0 aliphatic heterocycles. The van der Waals surface area contributed by atoms with Crippen molar-refractivity contribution in [2.24, 2.45) is 0 Å². The molecule has 2 aromatic rings. The van der Waals surface area contributed by atoms with Crippen LogP contribution in [0.3, 0.4) is 0 Å². The van der Waals surface area contributed by atoms with Crippen molar-refractivity contribution >= 4 is 24.9 Å². The Kier molecular flexibility index (Phi) is 4.20. The number of hydrogen-bond acceptors (Lipinski definition) is 9. The van der Waals surface area contributed by atoms with Crippen LogP contribution >= 0.6 is 7.94 Å². The van der Waals surface area contributed by atoms with Crippen molar-refractivity contribution in [1.29, 1.82) is 0 Å². The smallest absolute Gasteiger partial charge is 0.167 e. The summed E-state index contributed by atoms with van der Waals surface area (Å²) in [6.45, 7) is -0.316. The average Bonchev–Trinajstić information content (AvgIpc) is 2.72. The van der Waals surface area contributed by atoms with Gasteiger partial charge < -0.3 is 29.9 Å². The van der Waals surface area contributed by atoms with E-state index in [9.17, 15) is 14.7 Å². The van der Waals surface area contributed by atoms with E-state index in [0.29, 0.717) is 11.2 Å². The van der Waals surface area contributed by atoms with Gasteiger partial charge in [0, 0.05) is 0 Å². The molecule has 0 saturated carbocycles. The van der Waals surface area contributed by atoms with Crippen LogP contribution in [0, 0.1) is 0 Å². The van der Waals surface area contributed by atoms with Crippen LogP contribution in [0.1, 0.15) is 0 Å². The first-order valence-electron chi connectivity index (χ1n) is 5.05. The van der Waals surface area contributed by atoms with Gasteiger partial charge in [0.25, 0.3) is 0 Å². The highest BCUT2D eigenvalue weighted by Gasteiger charge is 2.07. The molecule has 0 amide bonds. The van der Waals surface area contributed by atoms with Gasteiger partial charge in [-0.3, -0.25) is 4.57 Å². The molecule has 11 heteroatoms. The summed E-state index contributed by atoms with van der Waals surface area (Å²) < 4.78 is 11.1. The Hall–Kier alpha value is -1.42. The number of fused-ring (bicyclic) bond motifs is 1. The minimum absolute atomic E-state index is 0.0228. The lowest BCUT2D eigenvalue weighted by molar-refractivity contribution is -0.432. The fourth-order valence-electron chi connectivity index (χ4n) is 1.34. The first-order valence-corrected chi connectivity index (χ1v) is 6.78. The highest BCUT2D eigenvalue weighted by Crippen LogP contribution is 2.26. The van der Waals surface area contributed by atoms with Crippen LogP contribution in [0.25, 0.3) is 11.2 Å². The molecule has 0 fully saturated rings. The number of nitrogen functional groups attached to an aromatic ring is 1. The number of rotatable bonds is 6. The van der Waals surface area contributed by atoms with Gasteiger partial charge in [-0.25, -0.2) is 15.0 Å². The van der Waals surface area contributed by atoms with Crippen molar-refractivity contribution in [2.45, 2.75) is 6.73 Å². The number of anilines is 1. The number of ether oxygens (including phenoxy) is 2. The zero-order chi connectivity index (χ0) is 13.9. The Labute approximate surface area is 108 Å². The normalized spacial score (nSPS) is 12.2. The molecule has 0 aliphatic rings. The van der Waals surface area contributed by atoms with Gasteiger partial charge in [-0.15, -0.1) is 7.94 Å². The Bertz CT molecular complexity index is 556. The van der Waals surface area contributed by atoms with Crippen molar-refractivity contribution < 1.29 is 24.2 Å². The third kappa shape index (κ3) is 3.77. The molecule has 2 heterocycles. The summed E-state index contributed by atoms with van der Waals surface area (Å²) in [5, 5.41) is 0. The van der Waals surface area contributed by atoms with Gasteiger partial charge in [-0.05, 0) is 0 Å². The maximum Gasteiger partial charge on any atom is 0.167 e. The lowest BCUT2D eigenvalue weighted by atomic mass is 10.5. The highest BCUT2D eigenvalue weighted by molar-refractivity contribution is 7.53. The standard InChI is InChI=1S/C8H12N5O5P/c9-7-6-8(11-1-10-7)13(2-12-6)3-17-4-18-5-19(14,15)16/h1-2H,3-5H2,(H2,9,10,11)(H2,14,15,16)/p-2. The molecular weight excluding hydrogens is 277 g/mol. The van der Waals surface area contributed by atoms with Crippen LogP contribution in [0.15, 0.2) is 12.7 Å². The number of imidazole rings is 1. The second-order valence-corrected chi connectivity index (χ2v) is 5.02. The molecule has 104 valence electrons. The number of nitrogens with two attached hydrogens (primary N) is 1. The summed E-state index contributed by atoms with van der Waals surface area (Å²) >= 11 is 0. The molecule has 2 rings (SSSR count). The van der Waals surface area contributed by atoms with Crippen molar-refractivity contribution in [2.75, 3.05) is 18.9 Å². The van der Waals surface area contributed by atoms with Gasteiger partial charge in [0.2, 0.25) is 0 Å². The molecule has 0 unspecified atom stereocenters. The van der Waals surface area contributed by atoms with Crippen molar-refractivity contribution in [3.05, 3.63) is 12.7 Å². The van der Waals surface area contributed by atoms with Gasteiger partial charge in [0.05, 0.1) is 6.33 Å². The summed E-state index contributed by atoms with van der Waals surface area (Å²) in [6, 6.07) is 0. The predicted octanol–water partition coefficient (Wildman–Crippen LogP) is -2.84. The summed E-state index contributed by atoms with van der Waals surface area (Å²) in [4.78, 5) is 42.6. The SMILES string of the molecule is Nc1ncnc2c1ncn2COCOC[P+]([O-])([O-])[O-]. The third-order valence-corrected chi connectivity index (χ3v) is 2.57. The van der Waals surface area contributed by atoms with E-state index in [0.717, 1.165) is 0 Å². The minimum Gasteiger partial charge on any atom is -0.686 e. The fraction of sp³-hybridized carbons (Fsp3) is 0.375. The third-order valence-electron chi connectivity index (χ3n) is 2.08. The topological polar surface area (TPSA) is 157 Å². The van der Waals surface area contributed by atoms with E-state index in [1.165, 1.54) is 17.2 Å². The van der Waals surface area contributed by atoms with Crippen LogP contribution in [-0.4, -0.2) is 32.7 Å². The molecule has 0 atom stereocenters. The van der Waals surface area contributed by atoms with E-state index in [4.69, 9.17) is 10.5 Å². The zero-order valence-electron chi connectivity index (χ0n) is 9.63. The average molecular weight is 287 g/mol. The summed E-state index contributed by atoms with van der Waals surface area (Å²) in [6.07, 6.45) is 1.83. The first-order chi connectivity index (χ1) is 8.97. The van der Waals surface area contributed by atoms with E-state index >= 15 is 0 Å². The van der Waals surface area contributed by atoms with Crippen molar-refractivity contribution in [1.82, 2.24) is 19.5 Å². The van der Waals surface area contributed by atoms with Gasteiger partial charge >= 0.3 is 0 Å². The van der Waals surface area contributed by atoms with E-state index in [1.54, 1.807) is 0 Å². The van der Waals surface area contributed by atoms with Gasteiger partial charge in [-0.1, -0.05) is 0 Å². The second-order valence-electron chi connectivity index (χ2n) is 3.54. The first kappa shape index (κ1) is 14.0. The zero-order valence-corrected chi connectivity index (χ0v) is 10.5. The molecule has 0 aliphatic carbocycles. The van der Waals surface area contributed by atoms with Crippen molar-refractivity contribution in [3.63, 3.8) is 0 Å². The maximum atomic E-state index is 10.3. The number of aromatic nitrogens is 4. The van der Waals surface area contributed by atoms with Gasteiger partial charge in [-0.2, -0.15) is 0 Å². The Morgan fingerprint density at radius 3 is 2.74 bits per heavy atom. The molecule has 2 aromatic heterocycles. The molecule has 0 bridgehead atoms. The molecule has 0 spiro atoms. The van der Waals surface area contributed by atoms with E-state index in [-0.39, 0.29) is 19.3 Å². The lowest BCUT2D eigenvalue weighted by Crippen LogP contribution is -2.35. The molecule has 0 aromatic carbocycles. The lowest BCUT2D eigenvalue weighted by Gasteiger charge is -2.40. The van der Waals surface area contributed by atoms with E-state index in [1.807, 2.05) is 0 Å². The maximum absolute atomic E-state index is 10.3. The molecule has 2 N–H and O–H groups in total. The van der Waals surface area contributed by atoms with Gasteiger partial charge in [0.1, 0.15) is 24.9 Å². The van der Waals surface area contributed by atoms with Crippen LogP contribution in [-0.2, 0) is 16.2 Å².